The molecule has 4 aliphatic rings. The van der Waals surface area contributed by atoms with Crippen LogP contribution in [-0.2, 0) is 40.1 Å². The summed E-state index contributed by atoms with van der Waals surface area (Å²) < 4.78 is 69.2. The van der Waals surface area contributed by atoms with E-state index in [1.165, 1.54) is 17.2 Å². The average molecular weight is 783 g/mol. The maximum atomic E-state index is 14.7. The molecule has 1 saturated heterocycles. The lowest BCUT2D eigenvalue weighted by Gasteiger charge is -2.53. The summed E-state index contributed by atoms with van der Waals surface area (Å²) in [5, 5.41) is 2.55. The Morgan fingerprint density at radius 1 is 0.877 bits per heavy atom. The summed E-state index contributed by atoms with van der Waals surface area (Å²) in [7, 11) is 0. The number of carbonyl (C=O) groups excluding carboxylic acids is 1. The van der Waals surface area contributed by atoms with Crippen molar-refractivity contribution in [3.63, 3.8) is 0 Å². The molecule has 302 valence electrons. The maximum Gasteiger partial charge on any atom is 0.418 e. The molecule has 3 fully saturated rings. The minimum Gasteiger partial charge on any atom is -0.490 e. The van der Waals surface area contributed by atoms with Crippen molar-refractivity contribution in [1.82, 2.24) is 4.90 Å². The molecule has 3 aliphatic carbocycles. The molecule has 2 saturated carbocycles. The number of morpholine rings is 1. The van der Waals surface area contributed by atoms with Gasteiger partial charge in [-0.05, 0) is 109 Å². The summed E-state index contributed by atoms with van der Waals surface area (Å²) in [6, 6.07) is 30.5. The molecule has 0 aromatic heterocycles. The Labute approximate surface area is 333 Å². The lowest BCUT2D eigenvalue weighted by atomic mass is 9.54. The first kappa shape index (κ1) is 39.4. The van der Waals surface area contributed by atoms with E-state index < -0.39 is 23.8 Å². The van der Waals surface area contributed by atoms with Crippen LogP contribution in [0.15, 0.2) is 97.1 Å². The second-order valence-corrected chi connectivity index (χ2v) is 16.5. The molecule has 1 aliphatic heterocycles. The minimum atomic E-state index is -4.70. The predicted molar refractivity (Wildman–Crippen MR) is 213 cm³/mol. The van der Waals surface area contributed by atoms with Gasteiger partial charge in [-0.1, -0.05) is 73.7 Å². The Morgan fingerprint density at radius 3 is 2.33 bits per heavy atom. The summed E-state index contributed by atoms with van der Waals surface area (Å²) in [5.74, 6) is 1.16. The molecule has 10 heteroatoms. The van der Waals surface area contributed by atoms with Gasteiger partial charge >= 0.3 is 6.18 Å². The Bertz CT molecular complexity index is 1970. The molecule has 0 unspecified atom stereocenters. The summed E-state index contributed by atoms with van der Waals surface area (Å²) in [6.45, 7) is 6.87. The van der Waals surface area contributed by atoms with Crippen LogP contribution < -0.4 is 14.8 Å². The third kappa shape index (κ3) is 9.03. The Balaban J connectivity index is 1.04. The van der Waals surface area contributed by atoms with Crippen molar-refractivity contribution in [2.45, 2.75) is 89.4 Å². The number of hydrogen-bond donors (Lipinski definition) is 1. The van der Waals surface area contributed by atoms with Crippen LogP contribution in [0.1, 0.15) is 79.2 Å². The normalized spacial score (nSPS) is 25.9. The number of benzene rings is 4. The number of ether oxygens (including phenoxy) is 4. The second kappa shape index (κ2) is 17.2. The fraction of sp³-hybridized carbons (Fsp3) is 0.468. The molecule has 6 atom stereocenters. The molecular weight excluding hydrogens is 730 g/mol. The van der Waals surface area contributed by atoms with Crippen LogP contribution in [-0.4, -0.2) is 55.9 Å². The number of rotatable bonds is 13. The maximum absolute atomic E-state index is 14.7. The third-order valence-corrected chi connectivity index (χ3v) is 12.9. The minimum absolute atomic E-state index is 0.00325. The largest absolute Gasteiger partial charge is 0.490 e. The van der Waals surface area contributed by atoms with Gasteiger partial charge in [0.15, 0.2) is 0 Å². The smallest absolute Gasteiger partial charge is 0.418 e. The van der Waals surface area contributed by atoms with E-state index in [4.69, 9.17) is 18.9 Å². The molecule has 1 amide bonds. The van der Waals surface area contributed by atoms with Gasteiger partial charge < -0.3 is 24.3 Å². The van der Waals surface area contributed by atoms with Crippen LogP contribution in [0.2, 0.25) is 0 Å². The monoisotopic (exact) mass is 782 g/mol. The van der Waals surface area contributed by atoms with E-state index in [9.17, 15) is 18.0 Å². The number of nitrogens with one attached hydrogen (secondary N) is 1. The fourth-order valence-corrected chi connectivity index (χ4v) is 10.2. The first-order valence-electron chi connectivity index (χ1n) is 20.6. The predicted octanol–water partition coefficient (Wildman–Crippen LogP) is 9.83. The van der Waals surface area contributed by atoms with E-state index in [1.807, 2.05) is 54.6 Å². The molecule has 4 aromatic carbocycles. The number of halogens is 3. The fourth-order valence-electron chi connectivity index (χ4n) is 10.2. The Hall–Kier alpha value is -4.38. The van der Waals surface area contributed by atoms with E-state index in [-0.39, 0.29) is 41.2 Å². The van der Waals surface area contributed by atoms with Crippen LogP contribution in [0, 0.1) is 17.3 Å². The van der Waals surface area contributed by atoms with Gasteiger partial charge in [-0.3, -0.25) is 9.69 Å². The summed E-state index contributed by atoms with van der Waals surface area (Å²) >= 11 is 0. The van der Waals surface area contributed by atoms with Crippen molar-refractivity contribution in [3.05, 3.63) is 125 Å². The summed E-state index contributed by atoms with van der Waals surface area (Å²) in [5.41, 5.74) is 3.22. The number of hydrogen-bond acceptors (Lipinski definition) is 6. The molecule has 0 radical (unpaired) electrons. The van der Waals surface area contributed by atoms with Crippen molar-refractivity contribution >= 4 is 11.6 Å². The molecule has 8 rings (SSSR count). The van der Waals surface area contributed by atoms with Gasteiger partial charge in [0, 0.05) is 30.8 Å². The number of amides is 1. The number of carbonyl (C=O) groups is 1. The number of nitrogens with zero attached hydrogens (tertiary/aromatic N) is 1. The van der Waals surface area contributed by atoms with Crippen molar-refractivity contribution in [3.8, 4) is 11.5 Å². The van der Waals surface area contributed by atoms with E-state index in [1.54, 1.807) is 6.07 Å². The third-order valence-electron chi connectivity index (χ3n) is 12.9. The zero-order chi connectivity index (χ0) is 39.4. The molecule has 0 bridgehead atoms. The standard InChI is InChI=1S/C47H53F3N2O5/c1-46-29-42(57-36-16-20-41(40(28-36)47(48,49)50)51-44(53)13-8-22-52-23-25-54-26-24-52)45-37-18-15-35(55-30-32-9-4-2-5-10-32)27-34(37)14-17-38(45)39(46)19-21-43(46)56-31-33-11-6-3-7-12-33/h2-7,9-12,15-16,18,20,27-28,38-39,42-43,45H,8,13-14,17,19,21-26,29-31H2,1H3,(H,51,53)/t38-,39-,42-,43-,45+,46-/m0/s1. The van der Waals surface area contributed by atoms with Crippen LogP contribution in [0.3, 0.4) is 0 Å². The van der Waals surface area contributed by atoms with Gasteiger partial charge in [-0.15, -0.1) is 0 Å². The van der Waals surface area contributed by atoms with E-state index in [0.717, 1.165) is 61.7 Å². The van der Waals surface area contributed by atoms with Gasteiger partial charge in [0.25, 0.3) is 0 Å². The quantitative estimate of drug-likeness (QED) is 0.146. The van der Waals surface area contributed by atoms with Crippen LogP contribution in [0.25, 0.3) is 0 Å². The number of aryl methyl sites for hydroxylation is 1. The molecule has 57 heavy (non-hydrogen) atoms. The Kier molecular flexibility index (Phi) is 11.9. The highest BCUT2D eigenvalue weighted by Crippen LogP contribution is 2.62. The van der Waals surface area contributed by atoms with E-state index >= 15 is 0 Å². The van der Waals surface area contributed by atoms with Crippen LogP contribution in [0.4, 0.5) is 18.9 Å². The van der Waals surface area contributed by atoms with Crippen molar-refractivity contribution in [1.29, 1.82) is 0 Å². The van der Waals surface area contributed by atoms with Crippen molar-refractivity contribution in [2.75, 3.05) is 38.2 Å². The van der Waals surface area contributed by atoms with Gasteiger partial charge in [0.2, 0.25) is 5.91 Å². The molecule has 7 nitrogen and oxygen atoms in total. The van der Waals surface area contributed by atoms with Gasteiger partial charge in [0.05, 0.1) is 37.2 Å². The zero-order valence-electron chi connectivity index (χ0n) is 32.6. The molecule has 4 aromatic rings. The van der Waals surface area contributed by atoms with E-state index in [0.29, 0.717) is 51.7 Å². The number of fused-ring (bicyclic) bond motifs is 5. The molecule has 1 N–H and O–H groups in total. The SMILES string of the molecule is C[C@]12C[C@H](Oc3ccc(NC(=O)CCCN4CCOCC4)c(C(F)(F)F)c3)[C@@H]3c4ccc(OCc5ccccc5)cc4CC[C@H]3[C@@H]1CC[C@@H]2OCc1ccccc1. The first-order valence-corrected chi connectivity index (χ1v) is 20.6. The lowest BCUT2D eigenvalue weighted by Crippen LogP contribution is -2.52. The lowest BCUT2D eigenvalue weighted by molar-refractivity contribution is -0.137. The Morgan fingerprint density at radius 2 is 1.60 bits per heavy atom. The summed E-state index contributed by atoms with van der Waals surface area (Å²) in [4.78, 5) is 15.1. The van der Waals surface area contributed by atoms with Crippen molar-refractivity contribution < 1.29 is 36.9 Å². The average Bonchev–Trinajstić information content (AvgIpc) is 3.55. The topological polar surface area (TPSA) is 69.3 Å². The van der Waals surface area contributed by atoms with Crippen LogP contribution >= 0.6 is 0 Å². The second-order valence-electron chi connectivity index (χ2n) is 16.5. The highest BCUT2D eigenvalue weighted by Gasteiger charge is 2.59. The van der Waals surface area contributed by atoms with Gasteiger partial charge in [-0.25, -0.2) is 0 Å². The molecule has 0 spiro atoms. The number of anilines is 1. The van der Waals surface area contributed by atoms with E-state index in [2.05, 4.69) is 41.4 Å². The van der Waals surface area contributed by atoms with Gasteiger partial charge in [0.1, 0.15) is 24.2 Å². The first-order chi connectivity index (χ1) is 27.6. The van der Waals surface area contributed by atoms with Gasteiger partial charge in [-0.2, -0.15) is 13.2 Å². The zero-order valence-corrected chi connectivity index (χ0v) is 32.6. The highest BCUT2D eigenvalue weighted by atomic mass is 19.4. The van der Waals surface area contributed by atoms with Crippen LogP contribution in [0.5, 0.6) is 11.5 Å². The number of alkyl halides is 3. The summed E-state index contributed by atoms with van der Waals surface area (Å²) in [6.07, 6.45) is 0.0526. The molecular formula is C47H53F3N2O5. The highest BCUT2D eigenvalue weighted by molar-refractivity contribution is 5.91. The van der Waals surface area contributed by atoms with Crippen molar-refractivity contribution in [2.24, 2.45) is 17.3 Å². The molecule has 1 heterocycles.